The summed E-state index contributed by atoms with van der Waals surface area (Å²) in [5, 5.41) is 4.69. The summed E-state index contributed by atoms with van der Waals surface area (Å²) in [4.78, 5) is 17.9. The number of anilines is 1. The number of benzene rings is 3. The lowest BCUT2D eigenvalue weighted by Crippen LogP contribution is -2.13. The van der Waals surface area contributed by atoms with Crippen LogP contribution in [0.3, 0.4) is 0 Å². The van der Waals surface area contributed by atoms with Crippen LogP contribution in [0.1, 0.15) is 10.4 Å². The Labute approximate surface area is 194 Å². The zero-order valence-corrected chi connectivity index (χ0v) is 18.2. The fourth-order valence-corrected chi connectivity index (χ4v) is 3.93. The molecule has 0 aliphatic rings. The van der Waals surface area contributed by atoms with E-state index in [1.54, 1.807) is 18.2 Å². The van der Waals surface area contributed by atoms with Crippen molar-refractivity contribution in [1.82, 2.24) is 4.98 Å². The topological polar surface area (TPSA) is 55.1 Å². The Morgan fingerprint density at radius 3 is 2.28 bits per heavy atom. The summed E-state index contributed by atoms with van der Waals surface area (Å²) in [6.45, 7) is 0. The number of hydrogen-bond donors (Lipinski definition) is 1. The first-order valence-corrected chi connectivity index (χ1v) is 10.7. The molecule has 0 fully saturated rings. The largest absolute Gasteiger partial charge is 0.454 e. The fraction of sp³-hybridized carbons (Fsp3) is 0. The van der Waals surface area contributed by atoms with Crippen LogP contribution in [0.25, 0.3) is 33.7 Å². The lowest BCUT2D eigenvalue weighted by atomic mass is 10.1. The summed E-state index contributed by atoms with van der Waals surface area (Å²) in [6, 6.07) is 27.5. The molecule has 4 nitrogen and oxygen atoms in total. The van der Waals surface area contributed by atoms with Gasteiger partial charge in [0.05, 0.1) is 26.8 Å². The fourth-order valence-electron chi connectivity index (χ4n) is 3.52. The molecule has 156 valence electrons. The lowest BCUT2D eigenvalue weighted by molar-refractivity contribution is 0.102. The van der Waals surface area contributed by atoms with Gasteiger partial charge < -0.3 is 9.73 Å². The van der Waals surface area contributed by atoms with Crippen molar-refractivity contribution in [2.24, 2.45) is 0 Å². The first-order valence-electron chi connectivity index (χ1n) is 9.91. The molecule has 6 heteroatoms. The molecule has 1 amide bonds. The third-order valence-corrected chi connectivity index (χ3v) is 5.74. The number of fused-ring (bicyclic) bond motifs is 1. The summed E-state index contributed by atoms with van der Waals surface area (Å²) < 4.78 is 6.06. The molecule has 5 aromatic rings. The van der Waals surface area contributed by atoms with E-state index < -0.39 is 0 Å². The van der Waals surface area contributed by atoms with Gasteiger partial charge in [-0.1, -0.05) is 65.7 Å². The Morgan fingerprint density at radius 1 is 0.781 bits per heavy atom. The highest BCUT2D eigenvalue weighted by Crippen LogP contribution is 2.33. The van der Waals surface area contributed by atoms with Crippen LogP contribution >= 0.6 is 23.2 Å². The van der Waals surface area contributed by atoms with E-state index in [2.05, 4.69) is 5.32 Å². The monoisotopic (exact) mass is 458 g/mol. The van der Waals surface area contributed by atoms with Gasteiger partial charge in [-0.25, -0.2) is 4.98 Å². The van der Waals surface area contributed by atoms with Crippen molar-refractivity contribution in [3.05, 3.63) is 107 Å². The second-order valence-electron chi connectivity index (χ2n) is 7.15. The number of hydrogen-bond acceptors (Lipinski definition) is 3. The average Bonchev–Trinajstić information content (AvgIpc) is 3.30. The average molecular weight is 459 g/mol. The van der Waals surface area contributed by atoms with E-state index in [0.29, 0.717) is 44.0 Å². The first kappa shape index (κ1) is 20.3. The van der Waals surface area contributed by atoms with Crippen LogP contribution < -0.4 is 5.32 Å². The number of halogens is 2. The van der Waals surface area contributed by atoms with Crippen LogP contribution in [0.15, 0.2) is 95.4 Å². The van der Waals surface area contributed by atoms with E-state index >= 15 is 0 Å². The molecule has 0 radical (unpaired) electrons. The molecule has 32 heavy (non-hydrogen) atoms. The van der Waals surface area contributed by atoms with Gasteiger partial charge in [-0.05, 0) is 48.5 Å². The van der Waals surface area contributed by atoms with E-state index in [1.807, 2.05) is 72.8 Å². The molecule has 5 rings (SSSR count). The predicted molar refractivity (Wildman–Crippen MR) is 129 cm³/mol. The molecule has 1 N–H and O–H groups in total. The zero-order chi connectivity index (χ0) is 22.1. The maximum Gasteiger partial charge on any atom is 0.256 e. The van der Waals surface area contributed by atoms with Crippen molar-refractivity contribution in [3.8, 4) is 22.8 Å². The Hall–Kier alpha value is -3.60. The van der Waals surface area contributed by atoms with Crippen LogP contribution in [0.5, 0.6) is 0 Å². The van der Waals surface area contributed by atoms with E-state index in [1.165, 1.54) is 0 Å². The number of furan rings is 1. The van der Waals surface area contributed by atoms with Gasteiger partial charge in [-0.15, -0.1) is 0 Å². The van der Waals surface area contributed by atoms with Gasteiger partial charge in [0.15, 0.2) is 5.76 Å². The summed E-state index contributed by atoms with van der Waals surface area (Å²) in [6.07, 6.45) is 0. The highest BCUT2D eigenvalue weighted by atomic mass is 35.5. The SMILES string of the molecule is O=C(Nc1ccccc1Cl)c1cc(-c2ccc(-c3ccccc3Cl)o2)nc2ccccc12. The van der Waals surface area contributed by atoms with Crippen LogP contribution in [0.4, 0.5) is 5.69 Å². The number of nitrogens with one attached hydrogen (secondary N) is 1. The normalized spacial score (nSPS) is 10.9. The summed E-state index contributed by atoms with van der Waals surface area (Å²) >= 11 is 12.5. The van der Waals surface area contributed by atoms with Gasteiger partial charge in [0.1, 0.15) is 11.5 Å². The number of amides is 1. The molecule has 2 heterocycles. The van der Waals surface area contributed by atoms with Gasteiger partial charge in [0, 0.05) is 10.9 Å². The van der Waals surface area contributed by atoms with Crippen LogP contribution in [-0.2, 0) is 0 Å². The number of nitrogens with zero attached hydrogens (tertiary/aromatic N) is 1. The molecule has 0 unspecified atom stereocenters. The van der Waals surface area contributed by atoms with Crippen molar-refractivity contribution >= 4 is 45.7 Å². The molecule has 0 atom stereocenters. The molecular formula is C26H16Cl2N2O2. The maximum atomic E-state index is 13.2. The number of rotatable bonds is 4. The van der Waals surface area contributed by atoms with Crippen molar-refractivity contribution in [2.45, 2.75) is 0 Å². The molecule has 3 aromatic carbocycles. The van der Waals surface area contributed by atoms with Crippen LogP contribution in [-0.4, -0.2) is 10.9 Å². The number of para-hydroxylation sites is 2. The van der Waals surface area contributed by atoms with E-state index in [4.69, 9.17) is 32.6 Å². The summed E-state index contributed by atoms with van der Waals surface area (Å²) in [5.74, 6) is 0.885. The van der Waals surface area contributed by atoms with Crippen LogP contribution in [0, 0.1) is 0 Å². The molecule has 0 saturated heterocycles. The minimum absolute atomic E-state index is 0.282. The van der Waals surface area contributed by atoms with Gasteiger partial charge in [0.2, 0.25) is 0 Å². The molecule has 2 aromatic heterocycles. The third-order valence-electron chi connectivity index (χ3n) is 5.08. The minimum atomic E-state index is -0.282. The van der Waals surface area contributed by atoms with Crippen LogP contribution in [0.2, 0.25) is 10.0 Å². The van der Waals surface area contributed by atoms with E-state index in [9.17, 15) is 4.79 Å². The standard InChI is InChI=1S/C26H16Cl2N2O2/c27-19-9-3-1-8-17(19)24-13-14-25(32-24)23-15-18(16-7-2-5-11-21(16)29-23)26(31)30-22-12-6-4-10-20(22)28/h1-15H,(H,30,31). The minimum Gasteiger partial charge on any atom is -0.454 e. The number of pyridine rings is 1. The smallest absolute Gasteiger partial charge is 0.256 e. The predicted octanol–water partition coefficient (Wildman–Crippen LogP) is 7.72. The van der Waals surface area contributed by atoms with Gasteiger partial charge >= 0.3 is 0 Å². The van der Waals surface area contributed by atoms with Gasteiger partial charge in [-0.2, -0.15) is 0 Å². The lowest BCUT2D eigenvalue weighted by Gasteiger charge is -2.10. The quantitative estimate of drug-likeness (QED) is 0.299. The highest BCUT2D eigenvalue weighted by molar-refractivity contribution is 6.34. The highest BCUT2D eigenvalue weighted by Gasteiger charge is 2.17. The Balaban J connectivity index is 1.58. The van der Waals surface area contributed by atoms with Crippen molar-refractivity contribution in [3.63, 3.8) is 0 Å². The summed E-state index contributed by atoms with van der Waals surface area (Å²) in [5.41, 5.74) is 3.04. The van der Waals surface area contributed by atoms with E-state index in [-0.39, 0.29) is 5.91 Å². The van der Waals surface area contributed by atoms with Crippen molar-refractivity contribution < 1.29 is 9.21 Å². The second-order valence-corrected chi connectivity index (χ2v) is 7.96. The third kappa shape index (κ3) is 3.86. The number of aromatic nitrogens is 1. The number of carbonyl (C=O) groups is 1. The van der Waals surface area contributed by atoms with Crippen molar-refractivity contribution in [2.75, 3.05) is 5.32 Å². The molecule has 0 aliphatic carbocycles. The Bertz CT molecular complexity index is 1460. The first-order chi connectivity index (χ1) is 15.6. The zero-order valence-electron chi connectivity index (χ0n) is 16.7. The van der Waals surface area contributed by atoms with E-state index in [0.717, 1.165) is 10.9 Å². The molecular weight excluding hydrogens is 443 g/mol. The molecule has 0 spiro atoms. The van der Waals surface area contributed by atoms with Crippen molar-refractivity contribution in [1.29, 1.82) is 0 Å². The second kappa shape index (κ2) is 8.50. The van der Waals surface area contributed by atoms with Gasteiger partial charge in [0.25, 0.3) is 5.91 Å². The molecule has 0 bridgehead atoms. The molecule has 0 saturated carbocycles. The maximum absolute atomic E-state index is 13.2. The number of carbonyl (C=O) groups excluding carboxylic acids is 1. The van der Waals surface area contributed by atoms with Gasteiger partial charge in [-0.3, -0.25) is 4.79 Å². The Kier molecular flexibility index (Phi) is 5.39. The summed E-state index contributed by atoms with van der Waals surface area (Å²) in [7, 11) is 0. The Morgan fingerprint density at radius 2 is 1.47 bits per heavy atom. The molecule has 0 aliphatic heterocycles.